The van der Waals surface area contributed by atoms with Crippen LogP contribution in [0.5, 0.6) is 0 Å². The van der Waals surface area contributed by atoms with E-state index in [4.69, 9.17) is 11.2 Å². The second-order valence-corrected chi connectivity index (χ2v) is 3.74. The first kappa shape index (κ1) is 11.2. The zero-order chi connectivity index (χ0) is 12.3. The summed E-state index contributed by atoms with van der Waals surface area (Å²) in [6.45, 7) is 1.67. The SMILES string of the molecule is C#C[C@H](C)OC(=O)c1cccc2ccccc12. The first-order valence-electron chi connectivity index (χ1n) is 5.37. The molecule has 0 aliphatic heterocycles. The van der Waals surface area contributed by atoms with Crippen LogP contribution >= 0.6 is 0 Å². The summed E-state index contributed by atoms with van der Waals surface area (Å²) < 4.78 is 5.12. The van der Waals surface area contributed by atoms with Gasteiger partial charge in [0.1, 0.15) is 0 Å². The van der Waals surface area contributed by atoms with Crippen molar-refractivity contribution in [2.75, 3.05) is 0 Å². The molecule has 0 fully saturated rings. The van der Waals surface area contributed by atoms with Crippen LogP contribution in [-0.4, -0.2) is 12.1 Å². The molecule has 0 heterocycles. The Labute approximate surface area is 100 Å². The maximum Gasteiger partial charge on any atom is 0.339 e. The molecule has 0 aromatic heterocycles. The molecule has 1 atom stereocenters. The minimum atomic E-state index is -0.513. The lowest BCUT2D eigenvalue weighted by Crippen LogP contribution is -2.13. The van der Waals surface area contributed by atoms with Crippen molar-refractivity contribution >= 4 is 16.7 Å². The van der Waals surface area contributed by atoms with Gasteiger partial charge < -0.3 is 4.74 Å². The van der Waals surface area contributed by atoms with Crippen LogP contribution in [0.2, 0.25) is 0 Å². The molecule has 2 rings (SSSR count). The molecule has 0 spiro atoms. The standard InChI is InChI=1S/C15H12O2/c1-3-11(2)17-15(16)14-10-6-8-12-7-4-5-9-13(12)14/h1,4-11H,2H3/t11-/m0/s1. The van der Waals surface area contributed by atoms with Crippen molar-refractivity contribution in [3.05, 3.63) is 48.0 Å². The zero-order valence-corrected chi connectivity index (χ0v) is 9.51. The van der Waals surface area contributed by atoms with E-state index in [0.29, 0.717) is 5.56 Å². The van der Waals surface area contributed by atoms with Crippen molar-refractivity contribution in [3.8, 4) is 12.3 Å². The number of carbonyl (C=O) groups excluding carboxylic acids is 1. The molecule has 0 N–H and O–H groups in total. The highest BCUT2D eigenvalue weighted by Crippen LogP contribution is 2.19. The highest BCUT2D eigenvalue weighted by Gasteiger charge is 2.12. The molecule has 0 amide bonds. The molecule has 17 heavy (non-hydrogen) atoms. The molecule has 0 saturated carbocycles. The first-order chi connectivity index (χ1) is 8.22. The second kappa shape index (κ2) is 4.71. The van der Waals surface area contributed by atoms with E-state index in [0.717, 1.165) is 10.8 Å². The molecular formula is C15H12O2. The normalized spacial score (nSPS) is 11.8. The number of fused-ring (bicyclic) bond motifs is 1. The minimum Gasteiger partial charge on any atom is -0.446 e. The highest BCUT2D eigenvalue weighted by molar-refractivity contribution is 6.04. The van der Waals surface area contributed by atoms with Gasteiger partial charge in [0.15, 0.2) is 6.10 Å². The summed E-state index contributed by atoms with van der Waals surface area (Å²) in [4.78, 5) is 11.9. The molecule has 0 saturated heterocycles. The van der Waals surface area contributed by atoms with Gasteiger partial charge in [-0.25, -0.2) is 4.79 Å². The van der Waals surface area contributed by atoms with E-state index in [-0.39, 0.29) is 5.97 Å². The molecular weight excluding hydrogens is 212 g/mol. The number of carbonyl (C=O) groups is 1. The fourth-order valence-corrected chi connectivity index (χ4v) is 1.66. The predicted molar refractivity (Wildman–Crippen MR) is 67.7 cm³/mol. The van der Waals surface area contributed by atoms with Crippen LogP contribution in [0.15, 0.2) is 42.5 Å². The van der Waals surface area contributed by atoms with Crippen LogP contribution in [-0.2, 0) is 4.74 Å². The first-order valence-corrected chi connectivity index (χ1v) is 5.37. The summed E-state index contributed by atoms with van der Waals surface area (Å²) in [5, 5.41) is 1.89. The maximum atomic E-state index is 11.9. The Balaban J connectivity index is 2.42. The lowest BCUT2D eigenvalue weighted by Gasteiger charge is -2.09. The van der Waals surface area contributed by atoms with Crippen molar-refractivity contribution in [2.45, 2.75) is 13.0 Å². The van der Waals surface area contributed by atoms with E-state index >= 15 is 0 Å². The largest absolute Gasteiger partial charge is 0.446 e. The van der Waals surface area contributed by atoms with Gasteiger partial charge in [-0.2, -0.15) is 0 Å². The Morgan fingerprint density at radius 1 is 1.24 bits per heavy atom. The third-order valence-corrected chi connectivity index (χ3v) is 2.53. The Bertz CT molecular complexity index is 588. The third-order valence-electron chi connectivity index (χ3n) is 2.53. The summed E-state index contributed by atoms with van der Waals surface area (Å²) in [7, 11) is 0. The lowest BCUT2D eigenvalue weighted by molar-refractivity contribution is 0.0441. The van der Waals surface area contributed by atoms with Crippen LogP contribution in [0.1, 0.15) is 17.3 Å². The molecule has 2 aromatic carbocycles. The van der Waals surface area contributed by atoms with Gasteiger partial charge in [0.05, 0.1) is 5.56 Å². The molecule has 0 unspecified atom stereocenters. The Morgan fingerprint density at radius 3 is 2.71 bits per heavy atom. The molecule has 2 heteroatoms. The van der Waals surface area contributed by atoms with E-state index < -0.39 is 6.10 Å². The number of terminal acetylenes is 1. The minimum absolute atomic E-state index is 0.382. The second-order valence-electron chi connectivity index (χ2n) is 3.74. The Kier molecular flexibility index (Phi) is 3.11. The van der Waals surface area contributed by atoms with E-state index in [1.807, 2.05) is 36.4 Å². The summed E-state index contributed by atoms with van der Waals surface area (Å²) in [5.74, 6) is 1.99. The lowest BCUT2D eigenvalue weighted by atomic mass is 10.0. The molecule has 2 nitrogen and oxygen atoms in total. The number of hydrogen-bond donors (Lipinski definition) is 0. The molecule has 84 valence electrons. The van der Waals surface area contributed by atoms with Gasteiger partial charge in [-0.1, -0.05) is 42.3 Å². The average molecular weight is 224 g/mol. The summed E-state index contributed by atoms with van der Waals surface area (Å²) in [6, 6.07) is 13.2. The maximum absolute atomic E-state index is 11.9. The van der Waals surface area contributed by atoms with Crippen LogP contribution < -0.4 is 0 Å². The van der Waals surface area contributed by atoms with Crippen LogP contribution in [0.25, 0.3) is 10.8 Å². The molecule has 0 radical (unpaired) electrons. The smallest absolute Gasteiger partial charge is 0.339 e. The summed E-state index contributed by atoms with van der Waals surface area (Å²) >= 11 is 0. The fourth-order valence-electron chi connectivity index (χ4n) is 1.66. The topological polar surface area (TPSA) is 26.3 Å². The van der Waals surface area contributed by atoms with Crippen molar-refractivity contribution in [3.63, 3.8) is 0 Å². The number of benzene rings is 2. The van der Waals surface area contributed by atoms with Gasteiger partial charge in [-0.05, 0) is 23.8 Å². The molecule has 0 aliphatic carbocycles. The van der Waals surface area contributed by atoms with Gasteiger partial charge in [-0.3, -0.25) is 0 Å². The van der Waals surface area contributed by atoms with Crippen LogP contribution in [0, 0.1) is 12.3 Å². The van der Waals surface area contributed by atoms with Gasteiger partial charge in [0.25, 0.3) is 0 Å². The molecule has 0 bridgehead atoms. The predicted octanol–water partition coefficient (Wildman–Crippen LogP) is 3.02. The quantitative estimate of drug-likeness (QED) is 0.579. The van der Waals surface area contributed by atoms with Crippen LogP contribution in [0.4, 0.5) is 0 Å². The number of esters is 1. The average Bonchev–Trinajstić information content (AvgIpc) is 2.37. The molecule has 2 aromatic rings. The third kappa shape index (κ3) is 2.29. The van der Waals surface area contributed by atoms with E-state index in [2.05, 4.69) is 5.92 Å². The Morgan fingerprint density at radius 2 is 1.94 bits per heavy atom. The van der Waals surface area contributed by atoms with Crippen molar-refractivity contribution in [1.29, 1.82) is 0 Å². The number of hydrogen-bond acceptors (Lipinski definition) is 2. The van der Waals surface area contributed by atoms with Crippen LogP contribution in [0.3, 0.4) is 0 Å². The van der Waals surface area contributed by atoms with E-state index in [1.165, 1.54) is 0 Å². The monoisotopic (exact) mass is 224 g/mol. The highest BCUT2D eigenvalue weighted by atomic mass is 16.5. The van der Waals surface area contributed by atoms with Crippen molar-refractivity contribution < 1.29 is 9.53 Å². The van der Waals surface area contributed by atoms with E-state index in [9.17, 15) is 4.79 Å². The zero-order valence-electron chi connectivity index (χ0n) is 9.51. The molecule has 0 aliphatic rings. The number of rotatable bonds is 2. The van der Waals surface area contributed by atoms with E-state index in [1.54, 1.807) is 13.0 Å². The summed E-state index contributed by atoms with van der Waals surface area (Å²) in [5.41, 5.74) is 0.546. The Hall–Kier alpha value is -2.27. The van der Waals surface area contributed by atoms with Crippen molar-refractivity contribution in [2.24, 2.45) is 0 Å². The van der Waals surface area contributed by atoms with Gasteiger partial charge in [0, 0.05) is 0 Å². The van der Waals surface area contributed by atoms with Gasteiger partial charge in [-0.15, -0.1) is 6.42 Å². The fraction of sp³-hybridized carbons (Fsp3) is 0.133. The van der Waals surface area contributed by atoms with Gasteiger partial charge in [0.2, 0.25) is 0 Å². The van der Waals surface area contributed by atoms with Crippen molar-refractivity contribution in [1.82, 2.24) is 0 Å². The summed E-state index contributed by atoms with van der Waals surface area (Å²) in [6.07, 6.45) is 4.67. The number of ether oxygens (including phenoxy) is 1. The van der Waals surface area contributed by atoms with Gasteiger partial charge >= 0.3 is 5.97 Å².